The average Bonchev–Trinajstić information content (AvgIpc) is 2.64. The van der Waals surface area contributed by atoms with Gasteiger partial charge in [0, 0.05) is 13.7 Å². The van der Waals surface area contributed by atoms with Crippen LogP contribution in [0.1, 0.15) is 5.56 Å². The molecule has 0 aliphatic rings. The Bertz CT molecular complexity index is 574. The van der Waals surface area contributed by atoms with Crippen LogP contribution in [0, 0.1) is 11.7 Å². The molecule has 0 aliphatic heterocycles. The number of fused-ring (bicyclic) bond motifs is 1. The van der Waals surface area contributed by atoms with Crippen molar-refractivity contribution in [1.82, 2.24) is 9.55 Å². The Morgan fingerprint density at radius 3 is 2.89 bits per heavy atom. The molecule has 5 heteroatoms. The van der Waals surface area contributed by atoms with E-state index in [1.807, 2.05) is 0 Å². The van der Waals surface area contributed by atoms with Crippen molar-refractivity contribution < 1.29 is 9.47 Å². The minimum Gasteiger partial charge on any atom is -0.382 e. The predicted octanol–water partition coefficient (Wildman–Crippen LogP) is 2.67. The second kappa shape index (κ2) is 6.13. The van der Waals surface area contributed by atoms with Crippen molar-refractivity contribution in [2.24, 2.45) is 0 Å². The lowest BCUT2D eigenvalue weighted by atomic mass is 10.2. The number of H-pyrrole nitrogens is 1. The first-order valence-corrected chi connectivity index (χ1v) is 6.39. The maximum Gasteiger partial charge on any atom is 0.178 e. The SMILES string of the molecule is COCCOCCn1c(=S)[nH]c2cc(C)ccc21. The number of nitrogens with zero attached hydrogens (tertiary/aromatic N) is 1. The van der Waals surface area contributed by atoms with E-state index >= 15 is 0 Å². The van der Waals surface area contributed by atoms with Gasteiger partial charge in [-0.05, 0) is 36.8 Å². The minimum atomic E-state index is 0.616. The Hall–Kier alpha value is -1.17. The number of imidazole rings is 1. The van der Waals surface area contributed by atoms with Crippen LogP contribution in [0.25, 0.3) is 11.0 Å². The molecule has 0 radical (unpaired) electrons. The maximum absolute atomic E-state index is 5.47. The van der Waals surface area contributed by atoms with Crippen LogP contribution in [0.4, 0.5) is 0 Å². The van der Waals surface area contributed by atoms with Crippen molar-refractivity contribution in [3.8, 4) is 0 Å². The molecular formula is C13H18N2O2S. The lowest BCUT2D eigenvalue weighted by Crippen LogP contribution is -2.09. The molecule has 2 rings (SSSR count). The van der Waals surface area contributed by atoms with Gasteiger partial charge in [0.2, 0.25) is 0 Å². The molecule has 98 valence electrons. The van der Waals surface area contributed by atoms with E-state index < -0.39 is 0 Å². The molecule has 0 amide bonds. The number of aryl methyl sites for hydroxylation is 1. The van der Waals surface area contributed by atoms with E-state index in [9.17, 15) is 0 Å². The van der Waals surface area contributed by atoms with Crippen molar-refractivity contribution in [2.45, 2.75) is 13.5 Å². The molecule has 1 heterocycles. The first kappa shape index (κ1) is 13.3. The topological polar surface area (TPSA) is 39.2 Å². The molecule has 1 N–H and O–H groups in total. The lowest BCUT2D eigenvalue weighted by molar-refractivity contribution is 0.0668. The number of aromatic nitrogens is 2. The number of aromatic amines is 1. The highest BCUT2D eigenvalue weighted by Gasteiger charge is 2.03. The molecule has 0 unspecified atom stereocenters. The zero-order valence-corrected chi connectivity index (χ0v) is 11.5. The van der Waals surface area contributed by atoms with Crippen LogP contribution < -0.4 is 0 Å². The highest BCUT2D eigenvalue weighted by molar-refractivity contribution is 7.71. The summed E-state index contributed by atoms with van der Waals surface area (Å²) in [5, 5.41) is 0. The Morgan fingerprint density at radius 1 is 1.28 bits per heavy atom. The molecule has 2 aromatic rings. The molecule has 0 atom stereocenters. The molecule has 18 heavy (non-hydrogen) atoms. The van der Waals surface area contributed by atoms with Gasteiger partial charge in [0.15, 0.2) is 4.77 Å². The fourth-order valence-electron chi connectivity index (χ4n) is 1.90. The standard InChI is InChI=1S/C13H18N2O2S/c1-10-3-4-12-11(9-10)14-13(18)15(12)5-6-17-8-7-16-2/h3-4,9H,5-8H2,1-2H3,(H,14,18). The second-order valence-corrected chi connectivity index (χ2v) is 4.59. The van der Waals surface area contributed by atoms with E-state index in [1.165, 1.54) is 5.56 Å². The molecule has 4 nitrogen and oxygen atoms in total. The first-order valence-electron chi connectivity index (χ1n) is 5.98. The largest absolute Gasteiger partial charge is 0.382 e. The van der Waals surface area contributed by atoms with E-state index in [0.29, 0.717) is 19.8 Å². The molecule has 0 saturated heterocycles. The predicted molar refractivity (Wildman–Crippen MR) is 74.6 cm³/mol. The van der Waals surface area contributed by atoms with Crippen LogP contribution in [0.15, 0.2) is 18.2 Å². The van der Waals surface area contributed by atoms with Crippen molar-refractivity contribution in [1.29, 1.82) is 0 Å². The number of benzene rings is 1. The molecule has 0 bridgehead atoms. The summed E-state index contributed by atoms with van der Waals surface area (Å²) in [6.45, 7) is 4.70. The van der Waals surface area contributed by atoms with Crippen LogP contribution >= 0.6 is 12.2 Å². The quantitative estimate of drug-likeness (QED) is 0.645. The van der Waals surface area contributed by atoms with Crippen LogP contribution in [-0.4, -0.2) is 36.5 Å². The van der Waals surface area contributed by atoms with E-state index in [4.69, 9.17) is 21.7 Å². The van der Waals surface area contributed by atoms with E-state index in [-0.39, 0.29) is 0 Å². The lowest BCUT2D eigenvalue weighted by Gasteiger charge is -2.06. The molecule has 1 aromatic heterocycles. The number of rotatable bonds is 6. The number of hydrogen-bond acceptors (Lipinski definition) is 3. The third kappa shape index (κ3) is 2.98. The Balaban J connectivity index is 2.08. The normalized spacial score (nSPS) is 11.2. The van der Waals surface area contributed by atoms with Crippen molar-refractivity contribution >= 4 is 23.3 Å². The summed E-state index contributed by atoms with van der Waals surface area (Å²) in [6.07, 6.45) is 0. The van der Waals surface area contributed by atoms with Crippen LogP contribution in [0.2, 0.25) is 0 Å². The second-order valence-electron chi connectivity index (χ2n) is 4.21. The van der Waals surface area contributed by atoms with Gasteiger partial charge in [0.1, 0.15) is 0 Å². The third-order valence-electron chi connectivity index (χ3n) is 2.82. The smallest absolute Gasteiger partial charge is 0.178 e. The van der Waals surface area contributed by atoms with Crippen molar-refractivity contribution in [2.75, 3.05) is 26.9 Å². The van der Waals surface area contributed by atoms with Crippen LogP contribution in [-0.2, 0) is 16.0 Å². The Kier molecular flexibility index (Phi) is 4.52. The summed E-state index contributed by atoms with van der Waals surface area (Å²) in [5.74, 6) is 0. The van der Waals surface area contributed by atoms with Gasteiger partial charge in [-0.2, -0.15) is 0 Å². The maximum atomic E-state index is 5.47. The molecular weight excluding hydrogens is 248 g/mol. The highest BCUT2D eigenvalue weighted by atomic mass is 32.1. The fourth-order valence-corrected chi connectivity index (χ4v) is 2.20. The molecule has 0 fully saturated rings. The fraction of sp³-hybridized carbons (Fsp3) is 0.462. The van der Waals surface area contributed by atoms with Crippen molar-refractivity contribution in [3.63, 3.8) is 0 Å². The Labute approximate surface area is 112 Å². The van der Waals surface area contributed by atoms with Gasteiger partial charge in [-0.25, -0.2) is 0 Å². The van der Waals surface area contributed by atoms with E-state index in [2.05, 4.69) is 34.7 Å². The van der Waals surface area contributed by atoms with Gasteiger partial charge in [-0.15, -0.1) is 0 Å². The van der Waals surface area contributed by atoms with E-state index in [0.717, 1.165) is 22.3 Å². The Morgan fingerprint density at radius 2 is 2.11 bits per heavy atom. The monoisotopic (exact) mass is 266 g/mol. The summed E-state index contributed by atoms with van der Waals surface area (Å²) in [4.78, 5) is 3.22. The van der Waals surface area contributed by atoms with Gasteiger partial charge in [-0.3, -0.25) is 0 Å². The van der Waals surface area contributed by atoms with Gasteiger partial charge in [-0.1, -0.05) is 6.07 Å². The first-order chi connectivity index (χ1) is 8.72. The molecule has 0 saturated carbocycles. The number of nitrogens with one attached hydrogen (secondary N) is 1. The number of hydrogen-bond donors (Lipinski definition) is 1. The van der Waals surface area contributed by atoms with Gasteiger partial charge < -0.3 is 19.0 Å². The molecule has 0 aliphatic carbocycles. The van der Waals surface area contributed by atoms with E-state index in [1.54, 1.807) is 7.11 Å². The third-order valence-corrected chi connectivity index (χ3v) is 3.14. The average molecular weight is 266 g/mol. The van der Waals surface area contributed by atoms with Gasteiger partial charge in [0.25, 0.3) is 0 Å². The summed E-state index contributed by atoms with van der Waals surface area (Å²) in [7, 11) is 1.67. The zero-order valence-electron chi connectivity index (χ0n) is 10.7. The van der Waals surface area contributed by atoms with Crippen LogP contribution in [0.3, 0.4) is 0 Å². The van der Waals surface area contributed by atoms with Gasteiger partial charge >= 0.3 is 0 Å². The summed E-state index contributed by atoms with van der Waals surface area (Å²) in [6, 6.07) is 6.28. The summed E-state index contributed by atoms with van der Waals surface area (Å²) >= 11 is 5.32. The number of methoxy groups -OCH3 is 1. The molecule has 1 aromatic carbocycles. The highest BCUT2D eigenvalue weighted by Crippen LogP contribution is 2.15. The summed E-state index contributed by atoms with van der Waals surface area (Å²) < 4.78 is 13.2. The van der Waals surface area contributed by atoms with Crippen LogP contribution in [0.5, 0.6) is 0 Å². The minimum absolute atomic E-state index is 0.616. The number of ether oxygens (including phenoxy) is 2. The van der Waals surface area contributed by atoms with Crippen molar-refractivity contribution in [3.05, 3.63) is 28.5 Å². The molecule has 0 spiro atoms. The summed E-state index contributed by atoms with van der Waals surface area (Å²) in [5.41, 5.74) is 3.43. The van der Waals surface area contributed by atoms with Gasteiger partial charge in [0.05, 0.1) is 30.9 Å². The zero-order chi connectivity index (χ0) is 13.0.